The lowest BCUT2D eigenvalue weighted by Gasteiger charge is -2.23. The lowest BCUT2D eigenvalue weighted by atomic mass is 10.1. The minimum atomic E-state index is -0.775. The molecule has 0 bridgehead atoms. The van der Waals surface area contributed by atoms with Gasteiger partial charge in [-0.25, -0.2) is 10.3 Å². The molecule has 0 radical (unpaired) electrons. The second-order valence-electron chi connectivity index (χ2n) is 8.15. The second kappa shape index (κ2) is 11.4. The quantitative estimate of drug-likeness (QED) is 0.601. The summed E-state index contributed by atoms with van der Waals surface area (Å²) in [6, 6.07) is 17.0. The zero-order chi connectivity index (χ0) is 22.0. The van der Waals surface area contributed by atoms with E-state index in [2.05, 4.69) is 17.7 Å². The first kappa shape index (κ1) is 23.4. The van der Waals surface area contributed by atoms with Gasteiger partial charge in [0, 0.05) is 0 Å². The third-order valence-corrected chi connectivity index (χ3v) is 4.41. The molecule has 162 valence electrons. The highest BCUT2D eigenvalue weighted by molar-refractivity contribution is 5.84. The van der Waals surface area contributed by atoms with E-state index in [9.17, 15) is 9.59 Å². The normalized spacial score (nSPS) is 12.1. The molecule has 0 aliphatic heterocycles. The first-order valence-corrected chi connectivity index (χ1v) is 10.3. The Labute approximate surface area is 178 Å². The standard InChI is InChI=1S/C24H32N2O4/c1-5-18-11-13-20(14-12-18)17-29-26-22(27)21(25-23(28)30-24(2,3)4)16-15-19-9-7-6-8-10-19/h6-14,21H,5,15-17H2,1-4H3,(H,25,28)(H,26,27)/t21-/m1/s1. The predicted octanol–water partition coefficient (Wildman–Crippen LogP) is 4.32. The summed E-state index contributed by atoms with van der Waals surface area (Å²) < 4.78 is 5.30. The summed E-state index contributed by atoms with van der Waals surface area (Å²) in [5, 5.41) is 2.65. The number of ether oxygens (including phenoxy) is 1. The largest absolute Gasteiger partial charge is 0.444 e. The Morgan fingerprint density at radius 3 is 2.17 bits per heavy atom. The number of rotatable bonds is 9. The average molecular weight is 413 g/mol. The van der Waals surface area contributed by atoms with Gasteiger partial charge in [-0.15, -0.1) is 0 Å². The van der Waals surface area contributed by atoms with E-state index in [1.807, 2.05) is 54.6 Å². The van der Waals surface area contributed by atoms with Crippen molar-refractivity contribution in [3.63, 3.8) is 0 Å². The number of hydroxylamine groups is 1. The van der Waals surface area contributed by atoms with Gasteiger partial charge in [-0.3, -0.25) is 9.63 Å². The van der Waals surface area contributed by atoms with Gasteiger partial charge >= 0.3 is 6.09 Å². The molecule has 2 rings (SSSR count). The summed E-state index contributed by atoms with van der Waals surface area (Å²) in [5.41, 5.74) is 5.08. The van der Waals surface area contributed by atoms with E-state index in [1.54, 1.807) is 20.8 Å². The van der Waals surface area contributed by atoms with Crippen LogP contribution in [0.15, 0.2) is 54.6 Å². The van der Waals surface area contributed by atoms with Gasteiger partial charge in [-0.05, 0) is 56.7 Å². The third-order valence-electron chi connectivity index (χ3n) is 4.41. The molecule has 0 aliphatic rings. The molecule has 0 saturated heterocycles. The number of alkyl carbamates (subject to hydrolysis) is 1. The molecule has 2 amide bonds. The predicted molar refractivity (Wildman–Crippen MR) is 117 cm³/mol. The van der Waals surface area contributed by atoms with Crippen LogP contribution in [0.3, 0.4) is 0 Å². The smallest absolute Gasteiger partial charge is 0.408 e. The van der Waals surface area contributed by atoms with Crippen LogP contribution in [0.25, 0.3) is 0 Å². The molecule has 2 N–H and O–H groups in total. The van der Waals surface area contributed by atoms with Gasteiger partial charge in [0.2, 0.25) is 0 Å². The van der Waals surface area contributed by atoms with Crippen LogP contribution in [0.5, 0.6) is 0 Å². The molecule has 30 heavy (non-hydrogen) atoms. The number of benzene rings is 2. The van der Waals surface area contributed by atoms with Gasteiger partial charge in [0.05, 0.1) is 6.61 Å². The van der Waals surface area contributed by atoms with E-state index in [0.29, 0.717) is 12.8 Å². The molecule has 0 spiro atoms. The topological polar surface area (TPSA) is 76.7 Å². The van der Waals surface area contributed by atoms with E-state index < -0.39 is 23.6 Å². The maximum atomic E-state index is 12.6. The van der Waals surface area contributed by atoms with Crippen molar-refractivity contribution in [3.8, 4) is 0 Å². The fourth-order valence-electron chi connectivity index (χ4n) is 2.81. The number of carbonyl (C=O) groups is 2. The Morgan fingerprint density at radius 1 is 0.933 bits per heavy atom. The van der Waals surface area contributed by atoms with E-state index >= 15 is 0 Å². The summed E-state index contributed by atoms with van der Waals surface area (Å²) in [4.78, 5) is 30.2. The molecular weight excluding hydrogens is 380 g/mol. The Hall–Kier alpha value is -2.86. The first-order chi connectivity index (χ1) is 14.3. The maximum absolute atomic E-state index is 12.6. The van der Waals surface area contributed by atoms with Crippen LogP contribution in [0.1, 0.15) is 50.8 Å². The number of carbonyl (C=O) groups excluding carboxylic acids is 2. The SMILES string of the molecule is CCc1ccc(CONC(=O)[C@@H](CCc2ccccc2)NC(=O)OC(C)(C)C)cc1. The van der Waals surface area contributed by atoms with Crippen LogP contribution in [-0.4, -0.2) is 23.6 Å². The molecule has 2 aromatic rings. The summed E-state index contributed by atoms with van der Waals surface area (Å²) in [7, 11) is 0. The van der Waals surface area contributed by atoms with Crippen molar-refractivity contribution in [1.29, 1.82) is 0 Å². The van der Waals surface area contributed by atoms with Gasteiger partial charge in [0.1, 0.15) is 11.6 Å². The van der Waals surface area contributed by atoms with Crippen molar-refractivity contribution in [3.05, 3.63) is 71.3 Å². The molecule has 0 heterocycles. The zero-order valence-corrected chi connectivity index (χ0v) is 18.2. The van der Waals surface area contributed by atoms with Gasteiger partial charge in [-0.2, -0.15) is 0 Å². The highest BCUT2D eigenvalue weighted by atomic mass is 16.7. The lowest BCUT2D eigenvalue weighted by Crippen LogP contribution is -2.48. The van der Waals surface area contributed by atoms with Crippen LogP contribution in [0, 0.1) is 0 Å². The zero-order valence-electron chi connectivity index (χ0n) is 18.2. The minimum absolute atomic E-state index is 0.244. The van der Waals surface area contributed by atoms with Gasteiger partial charge in [-0.1, -0.05) is 61.5 Å². The summed E-state index contributed by atoms with van der Waals surface area (Å²) in [5.74, 6) is -0.415. The molecule has 6 heteroatoms. The van der Waals surface area contributed by atoms with Gasteiger partial charge in [0.25, 0.3) is 5.91 Å². The number of amides is 2. The molecule has 0 aliphatic carbocycles. The number of hydrogen-bond donors (Lipinski definition) is 2. The van der Waals surface area contributed by atoms with Crippen molar-refractivity contribution in [2.45, 2.75) is 65.2 Å². The van der Waals surface area contributed by atoms with E-state index in [1.165, 1.54) is 5.56 Å². The highest BCUT2D eigenvalue weighted by Gasteiger charge is 2.24. The summed E-state index contributed by atoms with van der Waals surface area (Å²) in [6.07, 6.45) is 1.39. The molecular formula is C24H32N2O4. The fourth-order valence-corrected chi connectivity index (χ4v) is 2.81. The summed E-state index contributed by atoms with van der Waals surface area (Å²) >= 11 is 0. The Balaban J connectivity index is 1.92. The molecule has 2 aromatic carbocycles. The fraction of sp³-hybridized carbons (Fsp3) is 0.417. The van der Waals surface area contributed by atoms with Gasteiger partial charge in [0.15, 0.2) is 0 Å². The summed E-state index contributed by atoms with van der Waals surface area (Å²) in [6.45, 7) is 7.67. The van der Waals surface area contributed by atoms with Crippen LogP contribution in [-0.2, 0) is 33.8 Å². The van der Waals surface area contributed by atoms with Crippen molar-refractivity contribution in [2.75, 3.05) is 0 Å². The molecule has 0 unspecified atom stereocenters. The number of hydrogen-bond acceptors (Lipinski definition) is 4. The lowest BCUT2D eigenvalue weighted by molar-refractivity contribution is -0.137. The Morgan fingerprint density at radius 2 is 1.57 bits per heavy atom. The van der Waals surface area contributed by atoms with Crippen LogP contribution in [0.2, 0.25) is 0 Å². The van der Waals surface area contributed by atoms with Crippen molar-refractivity contribution >= 4 is 12.0 Å². The number of nitrogens with one attached hydrogen (secondary N) is 2. The van der Waals surface area contributed by atoms with Crippen molar-refractivity contribution < 1.29 is 19.2 Å². The minimum Gasteiger partial charge on any atom is -0.444 e. The van der Waals surface area contributed by atoms with Crippen LogP contribution in [0.4, 0.5) is 4.79 Å². The van der Waals surface area contributed by atoms with E-state index in [0.717, 1.165) is 17.5 Å². The highest BCUT2D eigenvalue weighted by Crippen LogP contribution is 2.10. The van der Waals surface area contributed by atoms with E-state index in [-0.39, 0.29) is 6.61 Å². The van der Waals surface area contributed by atoms with E-state index in [4.69, 9.17) is 9.57 Å². The average Bonchev–Trinajstić information content (AvgIpc) is 2.71. The third kappa shape index (κ3) is 8.66. The molecule has 0 saturated carbocycles. The van der Waals surface area contributed by atoms with Crippen molar-refractivity contribution in [2.24, 2.45) is 0 Å². The molecule has 1 atom stereocenters. The second-order valence-corrected chi connectivity index (χ2v) is 8.15. The van der Waals surface area contributed by atoms with Crippen LogP contribution >= 0.6 is 0 Å². The monoisotopic (exact) mass is 412 g/mol. The molecule has 0 aromatic heterocycles. The molecule has 0 fully saturated rings. The van der Waals surface area contributed by atoms with Crippen LogP contribution < -0.4 is 10.8 Å². The maximum Gasteiger partial charge on any atom is 0.408 e. The first-order valence-electron chi connectivity index (χ1n) is 10.3. The number of aryl methyl sites for hydroxylation is 2. The Bertz CT molecular complexity index is 798. The van der Waals surface area contributed by atoms with Gasteiger partial charge < -0.3 is 10.1 Å². The Kier molecular flexibility index (Phi) is 8.87. The van der Waals surface area contributed by atoms with Crippen molar-refractivity contribution in [1.82, 2.24) is 10.8 Å². The molecule has 6 nitrogen and oxygen atoms in total.